The lowest BCUT2D eigenvalue weighted by Gasteiger charge is -2.35. The first-order chi connectivity index (χ1) is 9.88. The van der Waals surface area contributed by atoms with E-state index in [9.17, 15) is 5.11 Å². The number of nitrogens with one attached hydrogen (secondary N) is 1. The molecule has 0 saturated heterocycles. The molecule has 0 aliphatic heterocycles. The fourth-order valence-electron chi connectivity index (χ4n) is 2.60. The molecule has 1 aliphatic carbocycles. The third-order valence-electron chi connectivity index (χ3n) is 4.04. The third kappa shape index (κ3) is 4.49. The predicted molar refractivity (Wildman–Crippen MR) is 85.5 cm³/mol. The van der Waals surface area contributed by atoms with Crippen molar-refractivity contribution in [2.75, 3.05) is 17.6 Å². The van der Waals surface area contributed by atoms with Crippen LogP contribution < -0.4 is 15.8 Å². The van der Waals surface area contributed by atoms with Crippen molar-refractivity contribution in [2.24, 2.45) is 5.92 Å². The van der Waals surface area contributed by atoms with E-state index >= 15 is 0 Å². The Hall–Kier alpha value is -1.49. The monoisotopic (exact) mass is 293 g/mol. The Bertz CT molecular complexity index is 469. The highest BCUT2D eigenvalue weighted by molar-refractivity contribution is 5.53. The summed E-state index contributed by atoms with van der Waals surface area (Å²) in [5, 5.41) is 13.8. The number of nitrogens with two attached hydrogens (primary N) is 1. The van der Waals surface area contributed by atoms with E-state index in [1.165, 1.54) is 0 Å². The second-order valence-electron chi connectivity index (χ2n) is 6.52. The molecule has 0 spiro atoms. The molecule has 0 bridgehead atoms. The van der Waals surface area contributed by atoms with Gasteiger partial charge in [-0.15, -0.1) is 0 Å². The number of nitrogens with zero attached hydrogens (tertiary/aromatic N) is 1. The van der Waals surface area contributed by atoms with Gasteiger partial charge in [-0.25, -0.2) is 0 Å². The Morgan fingerprint density at radius 3 is 2.71 bits per heavy atom. The number of aromatic nitrogens is 1. The topological polar surface area (TPSA) is 80.4 Å². The van der Waals surface area contributed by atoms with E-state index in [0.29, 0.717) is 29.8 Å². The quantitative estimate of drug-likeness (QED) is 0.778. The van der Waals surface area contributed by atoms with E-state index in [0.717, 1.165) is 25.7 Å². The number of pyridine rings is 1. The average molecular weight is 293 g/mol. The molecular formula is C16H27N3O2. The molecule has 4 N–H and O–H groups in total. The van der Waals surface area contributed by atoms with Crippen LogP contribution in [0.5, 0.6) is 5.88 Å². The lowest BCUT2D eigenvalue weighted by atomic mass is 9.79. The van der Waals surface area contributed by atoms with E-state index in [-0.39, 0.29) is 6.10 Å². The first-order valence-corrected chi connectivity index (χ1v) is 7.77. The second kappa shape index (κ2) is 6.52. The molecule has 0 unspecified atom stereocenters. The minimum Gasteiger partial charge on any atom is -0.473 e. The number of aliphatic hydroxyl groups is 1. The maximum atomic E-state index is 10.6. The molecule has 5 heteroatoms. The van der Waals surface area contributed by atoms with Gasteiger partial charge < -0.3 is 20.9 Å². The number of hydrogen-bond donors (Lipinski definition) is 3. The second-order valence-corrected chi connectivity index (χ2v) is 6.52. The summed E-state index contributed by atoms with van der Waals surface area (Å²) in [6, 6.07) is 3.59. The molecule has 118 valence electrons. The largest absolute Gasteiger partial charge is 0.473 e. The zero-order chi connectivity index (χ0) is 15.5. The van der Waals surface area contributed by atoms with Gasteiger partial charge in [-0.05, 0) is 57.6 Å². The van der Waals surface area contributed by atoms with Crippen molar-refractivity contribution in [1.29, 1.82) is 0 Å². The van der Waals surface area contributed by atoms with Crippen LogP contribution in [0.1, 0.15) is 46.5 Å². The number of nitrogen functional groups attached to an aromatic ring is 1. The van der Waals surface area contributed by atoms with Crippen molar-refractivity contribution in [1.82, 2.24) is 4.98 Å². The average Bonchev–Trinajstić information content (AvgIpc) is 2.43. The highest BCUT2D eigenvalue weighted by atomic mass is 16.5. The molecule has 0 aromatic carbocycles. The SMILES string of the molecule is CC1CCC(O)(CNc2ccc(N)c(OC(C)C)n2)CC1. The first kappa shape index (κ1) is 15.9. The van der Waals surface area contributed by atoms with Crippen LogP contribution in [0, 0.1) is 5.92 Å². The van der Waals surface area contributed by atoms with Crippen molar-refractivity contribution >= 4 is 11.5 Å². The van der Waals surface area contributed by atoms with E-state index in [2.05, 4.69) is 17.2 Å². The Morgan fingerprint density at radius 1 is 1.43 bits per heavy atom. The zero-order valence-corrected chi connectivity index (χ0v) is 13.2. The number of rotatable bonds is 5. The lowest BCUT2D eigenvalue weighted by molar-refractivity contribution is 0.00493. The van der Waals surface area contributed by atoms with Crippen LogP contribution in [0.4, 0.5) is 11.5 Å². The molecule has 1 aromatic heterocycles. The van der Waals surface area contributed by atoms with Gasteiger partial charge in [-0.1, -0.05) is 6.92 Å². The van der Waals surface area contributed by atoms with Gasteiger partial charge in [0.2, 0.25) is 5.88 Å². The summed E-state index contributed by atoms with van der Waals surface area (Å²) in [4.78, 5) is 4.37. The van der Waals surface area contributed by atoms with Crippen LogP contribution in [-0.4, -0.2) is 28.3 Å². The van der Waals surface area contributed by atoms with Gasteiger partial charge in [0, 0.05) is 6.54 Å². The van der Waals surface area contributed by atoms with Gasteiger partial charge in [0.1, 0.15) is 5.82 Å². The zero-order valence-electron chi connectivity index (χ0n) is 13.2. The van der Waals surface area contributed by atoms with Gasteiger partial charge in [-0.3, -0.25) is 0 Å². The summed E-state index contributed by atoms with van der Waals surface area (Å²) < 4.78 is 5.58. The molecule has 21 heavy (non-hydrogen) atoms. The molecule has 0 amide bonds. The van der Waals surface area contributed by atoms with Crippen molar-refractivity contribution in [3.63, 3.8) is 0 Å². The maximum Gasteiger partial charge on any atom is 0.239 e. The Morgan fingerprint density at radius 2 is 2.10 bits per heavy atom. The molecular weight excluding hydrogens is 266 g/mol. The molecule has 0 atom stereocenters. The summed E-state index contributed by atoms with van der Waals surface area (Å²) >= 11 is 0. The minimum atomic E-state index is -0.630. The number of ether oxygens (including phenoxy) is 1. The van der Waals surface area contributed by atoms with E-state index in [1.807, 2.05) is 19.9 Å². The molecule has 1 fully saturated rings. The van der Waals surface area contributed by atoms with Crippen LogP contribution in [0.3, 0.4) is 0 Å². The molecule has 1 aliphatic rings. The highest BCUT2D eigenvalue weighted by Crippen LogP contribution is 2.32. The molecule has 5 nitrogen and oxygen atoms in total. The van der Waals surface area contributed by atoms with E-state index in [4.69, 9.17) is 10.5 Å². The van der Waals surface area contributed by atoms with Crippen LogP contribution in [0.15, 0.2) is 12.1 Å². The van der Waals surface area contributed by atoms with Crippen molar-refractivity contribution in [2.45, 2.75) is 58.2 Å². The normalized spacial score (nSPS) is 25.9. The van der Waals surface area contributed by atoms with Crippen molar-refractivity contribution in [3.8, 4) is 5.88 Å². The van der Waals surface area contributed by atoms with Gasteiger partial charge in [-0.2, -0.15) is 4.98 Å². The van der Waals surface area contributed by atoms with E-state index in [1.54, 1.807) is 6.07 Å². The van der Waals surface area contributed by atoms with Crippen LogP contribution in [0.25, 0.3) is 0 Å². The number of anilines is 2. The fraction of sp³-hybridized carbons (Fsp3) is 0.688. The lowest BCUT2D eigenvalue weighted by Crippen LogP contribution is -2.40. The van der Waals surface area contributed by atoms with Crippen LogP contribution in [0.2, 0.25) is 0 Å². The summed E-state index contributed by atoms with van der Waals surface area (Å²) in [6.07, 6.45) is 3.86. The van der Waals surface area contributed by atoms with Crippen LogP contribution in [-0.2, 0) is 0 Å². The molecule has 1 saturated carbocycles. The Labute approximate surface area is 126 Å². The standard InChI is InChI=1S/C16H27N3O2/c1-11(2)21-15-13(17)4-5-14(19-15)18-10-16(20)8-6-12(3)7-9-16/h4-5,11-12,20H,6-10,17H2,1-3H3,(H,18,19). The molecule has 1 heterocycles. The molecule has 1 aromatic rings. The van der Waals surface area contributed by atoms with Crippen LogP contribution >= 0.6 is 0 Å². The van der Waals surface area contributed by atoms with Crippen molar-refractivity contribution < 1.29 is 9.84 Å². The Balaban J connectivity index is 1.97. The van der Waals surface area contributed by atoms with Gasteiger partial charge in [0.15, 0.2) is 0 Å². The summed E-state index contributed by atoms with van der Waals surface area (Å²) in [5.41, 5.74) is 5.75. The number of hydrogen-bond acceptors (Lipinski definition) is 5. The first-order valence-electron chi connectivity index (χ1n) is 7.77. The highest BCUT2D eigenvalue weighted by Gasteiger charge is 2.31. The summed E-state index contributed by atoms with van der Waals surface area (Å²) in [5.74, 6) is 1.84. The fourth-order valence-corrected chi connectivity index (χ4v) is 2.60. The van der Waals surface area contributed by atoms with Gasteiger partial charge in [0.25, 0.3) is 0 Å². The smallest absolute Gasteiger partial charge is 0.239 e. The van der Waals surface area contributed by atoms with Gasteiger partial charge in [0.05, 0.1) is 17.4 Å². The third-order valence-corrected chi connectivity index (χ3v) is 4.04. The summed E-state index contributed by atoms with van der Waals surface area (Å²) in [6.45, 7) is 6.63. The summed E-state index contributed by atoms with van der Waals surface area (Å²) in [7, 11) is 0. The molecule has 2 rings (SSSR count). The predicted octanol–water partition coefficient (Wildman–Crippen LogP) is 2.80. The maximum absolute atomic E-state index is 10.6. The molecule has 0 radical (unpaired) electrons. The van der Waals surface area contributed by atoms with Gasteiger partial charge >= 0.3 is 0 Å². The Kier molecular flexibility index (Phi) is 4.93. The van der Waals surface area contributed by atoms with E-state index < -0.39 is 5.60 Å². The van der Waals surface area contributed by atoms with Crippen molar-refractivity contribution in [3.05, 3.63) is 12.1 Å². The minimum absolute atomic E-state index is 0.0269.